The Hall–Kier alpha value is -0.160. The molecule has 0 bridgehead atoms. The molecule has 19 heavy (non-hydrogen) atoms. The van der Waals surface area contributed by atoms with E-state index in [1.54, 1.807) is 7.11 Å². The second-order valence-electron chi connectivity index (χ2n) is 6.55. The van der Waals surface area contributed by atoms with Crippen molar-refractivity contribution in [2.75, 3.05) is 52.9 Å². The van der Waals surface area contributed by atoms with Crippen LogP contribution in [0.3, 0.4) is 0 Å². The van der Waals surface area contributed by atoms with Gasteiger partial charge in [0.1, 0.15) is 0 Å². The molecule has 114 valence electrons. The van der Waals surface area contributed by atoms with Crippen molar-refractivity contribution in [3.8, 4) is 0 Å². The predicted octanol–water partition coefficient (Wildman–Crippen LogP) is 1.40. The third kappa shape index (κ3) is 6.70. The summed E-state index contributed by atoms with van der Waals surface area (Å²) >= 11 is 0. The average Bonchev–Trinajstić information content (AvgIpc) is 2.62. The van der Waals surface area contributed by atoms with Crippen LogP contribution in [0.2, 0.25) is 0 Å². The van der Waals surface area contributed by atoms with Crippen LogP contribution in [0.15, 0.2) is 0 Å². The zero-order valence-corrected chi connectivity index (χ0v) is 13.3. The molecule has 0 amide bonds. The van der Waals surface area contributed by atoms with Crippen molar-refractivity contribution in [3.05, 3.63) is 0 Å². The molecule has 0 aromatic rings. The summed E-state index contributed by atoms with van der Waals surface area (Å²) in [4.78, 5) is 5.15. The van der Waals surface area contributed by atoms with Gasteiger partial charge in [-0.3, -0.25) is 0 Å². The lowest BCUT2D eigenvalue weighted by Crippen LogP contribution is -2.37. The number of rotatable bonds is 7. The molecule has 1 aliphatic heterocycles. The smallest absolute Gasteiger partial charge is 0.0634 e. The molecule has 2 N–H and O–H groups in total. The summed E-state index contributed by atoms with van der Waals surface area (Å²) in [5, 5.41) is 0. The summed E-state index contributed by atoms with van der Waals surface area (Å²) in [6.45, 7) is 14.4. The first-order chi connectivity index (χ1) is 8.96. The average molecular weight is 271 g/mol. The Bertz CT molecular complexity index is 246. The van der Waals surface area contributed by atoms with Crippen LogP contribution >= 0.6 is 0 Å². The Morgan fingerprint density at radius 1 is 1.16 bits per heavy atom. The number of hydrogen-bond acceptors (Lipinski definition) is 4. The SMILES string of the molecule is COC(C)(C)CCN1CCCN(CC(C)CN)CC1. The number of ether oxygens (including phenoxy) is 1. The van der Waals surface area contributed by atoms with Crippen molar-refractivity contribution in [1.29, 1.82) is 0 Å². The Kier molecular flexibility index (Phi) is 7.29. The highest BCUT2D eigenvalue weighted by Gasteiger charge is 2.20. The number of methoxy groups -OCH3 is 1. The zero-order valence-electron chi connectivity index (χ0n) is 13.3. The topological polar surface area (TPSA) is 41.7 Å². The summed E-state index contributed by atoms with van der Waals surface area (Å²) in [6.07, 6.45) is 2.37. The lowest BCUT2D eigenvalue weighted by Gasteiger charge is -2.28. The van der Waals surface area contributed by atoms with Crippen LogP contribution in [0.4, 0.5) is 0 Å². The lowest BCUT2D eigenvalue weighted by atomic mass is 10.1. The molecule has 0 radical (unpaired) electrons. The second kappa shape index (κ2) is 8.20. The molecule has 0 aliphatic carbocycles. The van der Waals surface area contributed by atoms with Crippen molar-refractivity contribution in [2.24, 2.45) is 11.7 Å². The van der Waals surface area contributed by atoms with Gasteiger partial charge in [-0.25, -0.2) is 0 Å². The number of nitrogens with two attached hydrogens (primary N) is 1. The van der Waals surface area contributed by atoms with Crippen LogP contribution in [-0.4, -0.2) is 68.3 Å². The highest BCUT2D eigenvalue weighted by Crippen LogP contribution is 2.14. The van der Waals surface area contributed by atoms with Gasteiger partial charge in [-0.15, -0.1) is 0 Å². The molecule has 1 aliphatic rings. The molecule has 0 aromatic heterocycles. The zero-order chi connectivity index (χ0) is 14.3. The van der Waals surface area contributed by atoms with E-state index >= 15 is 0 Å². The molecule has 1 atom stereocenters. The maximum atomic E-state index is 5.72. The molecule has 1 fully saturated rings. The van der Waals surface area contributed by atoms with E-state index in [0.29, 0.717) is 5.92 Å². The fraction of sp³-hybridized carbons (Fsp3) is 1.00. The van der Waals surface area contributed by atoms with E-state index in [1.807, 2.05) is 0 Å². The quantitative estimate of drug-likeness (QED) is 0.760. The van der Waals surface area contributed by atoms with Gasteiger partial charge in [0, 0.05) is 33.3 Å². The monoisotopic (exact) mass is 271 g/mol. The normalized spacial score (nSPS) is 21.3. The first-order valence-corrected chi connectivity index (χ1v) is 7.67. The third-order valence-electron chi connectivity index (χ3n) is 4.24. The first-order valence-electron chi connectivity index (χ1n) is 7.67. The Morgan fingerprint density at radius 2 is 1.79 bits per heavy atom. The molecule has 4 nitrogen and oxygen atoms in total. The van der Waals surface area contributed by atoms with Crippen LogP contribution in [-0.2, 0) is 4.74 Å². The van der Waals surface area contributed by atoms with Gasteiger partial charge in [-0.2, -0.15) is 0 Å². The van der Waals surface area contributed by atoms with Crippen LogP contribution < -0.4 is 5.73 Å². The predicted molar refractivity (Wildman–Crippen MR) is 81.4 cm³/mol. The molecule has 4 heteroatoms. The van der Waals surface area contributed by atoms with E-state index in [0.717, 1.165) is 26.1 Å². The lowest BCUT2D eigenvalue weighted by molar-refractivity contribution is 0.00769. The van der Waals surface area contributed by atoms with Gasteiger partial charge in [-0.05, 0) is 52.2 Å². The van der Waals surface area contributed by atoms with Crippen molar-refractivity contribution in [2.45, 2.75) is 39.2 Å². The molecule has 0 saturated carbocycles. The summed E-state index contributed by atoms with van der Waals surface area (Å²) < 4.78 is 5.50. The van der Waals surface area contributed by atoms with E-state index in [9.17, 15) is 0 Å². The van der Waals surface area contributed by atoms with Crippen LogP contribution in [0.25, 0.3) is 0 Å². The Labute approximate surface area is 119 Å². The van der Waals surface area contributed by atoms with Gasteiger partial charge < -0.3 is 20.3 Å². The minimum atomic E-state index is 0.0000545. The molecule has 1 unspecified atom stereocenters. The minimum absolute atomic E-state index is 0.0000545. The van der Waals surface area contributed by atoms with Crippen molar-refractivity contribution in [3.63, 3.8) is 0 Å². The minimum Gasteiger partial charge on any atom is -0.379 e. The Morgan fingerprint density at radius 3 is 2.42 bits per heavy atom. The third-order valence-corrected chi connectivity index (χ3v) is 4.24. The summed E-state index contributed by atoms with van der Waals surface area (Å²) in [5.41, 5.74) is 5.72. The molecule has 1 saturated heterocycles. The Balaban J connectivity index is 2.29. The van der Waals surface area contributed by atoms with E-state index in [-0.39, 0.29) is 5.60 Å². The van der Waals surface area contributed by atoms with Crippen molar-refractivity contribution in [1.82, 2.24) is 9.80 Å². The molecule has 1 rings (SSSR count). The molecule has 1 heterocycles. The van der Waals surface area contributed by atoms with Gasteiger partial charge in [0.05, 0.1) is 5.60 Å². The van der Waals surface area contributed by atoms with E-state index < -0.39 is 0 Å². The van der Waals surface area contributed by atoms with Gasteiger partial charge >= 0.3 is 0 Å². The summed E-state index contributed by atoms with van der Waals surface area (Å²) in [7, 11) is 1.80. The number of hydrogen-bond donors (Lipinski definition) is 1. The largest absolute Gasteiger partial charge is 0.379 e. The highest BCUT2D eigenvalue weighted by atomic mass is 16.5. The summed E-state index contributed by atoms with van der Waals surface area (Å²) in [6, 6.07) is 0. The van der Waals surface area contributed by atoms with Gasteiger partial charge in [0.15, 0.2) is 0 Å². The van der Waals surface area contributed by atoms with Gasteiger partial charge in [0.25, 0.3) is 0 Å². The molecule has 0 spiro atoms. The van der Waals surface area contributed by atoms with Crippen molar-refractivity contribution >= 4 is 0 Å². The first kappa shape index (κ1) is 16.9. The number of nitrogens with zero attached hydrogens (tertiary/aromatic N) is 2. The maximum absolute atomic E-state index is 5.72. The molecular weight excluding hydrogens is 238 g/mol. The maximum Gasteiger partial charge on any atom is 0.0634 e. The van der Waals surface area contributed by atoms with Crippen LogP contribution in [0, 0.1) is 5.92 Å². The second-order valence-corrected chi connectivity index (χ2v) is 6.55. The van der Waals surface area contributed by atoms with Gasteiger partial charge in [0.2, 0.25) is 0 Å². The fourth-order valence-corrected chi connectivity index (χ4v) is 2.48. The van der Waals surface area contributed by atoms with E-state index in [2.05, 4.69) is 30.6 Å². The van der Waals surface area contributed by atoms with Crippen molar-refractivity contribution < 1.29 is 4.74 Å². The fourth-order valence-electron chi connectivity index (χ4n) is 2.48. The van der Waals surface area contributed by atoms with E-state index in [1.165, 1.54) is 32.6 Å². The van der Waals surface area contributed by atoms with E-state index in [4.69, 9.17) is 10.5 Å². The standard InChI is InChI=1S/C15H33N3O/c1-14(12-16)13-18-8-5-7-17(10-11-18)9-6-15(2,3)19-4/h14H,5-13,16H2,1-4H3. The van der Waals surface area contributed by atoms with Gasteiger partial charge in [-0.1, -0.05) is 6.92 Å². The molecular formula is C15H33N3O. The highest BCUT2D eigenvalue weighted by molar-refractivity contribution is 4.75. The van der Waals surface area contributed by atoms with Crippen LogP contribution in [0.5, 0.6) is 0 Å². The van der Waals surface area contributed by atoms with Crippen LogP contribution in [0.1, 0.15) is 33.6 Å². The molecule has 0 aromatic carbocycles. The summed E-state index contributed by atoms with van der Waals surface area (Å²) in [5.74, 6) is 0.610.